The van der Waals surface area contributed by atoms with Gasteiger partial charge in [0.15, 0.2) is 11.6 Å². The first-order valence-electron chi connectivity index (χ1n) is 6.63. The second-order valence-electron chi connectivity index (χ2n) is 4.69. The molecule has 19 heavy (non-hydrogen) atoms. The molecule has 1 fully saturated rings. The van der Waals surface area contributed by atoms with E-state index in [0.717, 1.165) is 26.0 Å². The summed E-state index contributed by atoms with van der Waals surface area (Å²) in [4.78, 5) is 0. The molecule has 1 aromatic carbocycles. The third-order valence-corrected chi connectivity index (χ3v) is 3.04. The maximum Gasteiger partial charge on any atom is 0.165 e. The van der Waals surface area contributed by atoms with Crippen molar-refractivity contribution in [1.82, 2.24) is 5.32 Å². The van der Waals surface area contributed by atoms with Gasteiger partial charge < -0.3 is 19.9 Å². The van der Waals surface area contributed by atoms with Crippen molar-refractivity contribution in [2.24, 2.45) is 0 Å². The molecule has 1 heterocycles. The number of nitrogens with one attached hydrogen (secondary N) is 1. The first kappa shape index (κ1) is 14.2. The summed E-state index contributed by atoms with van der Waals surface area (Å²) in [7, 11) is 0. The van der Waals surface area contributed by atoms with Crippen LogP contribution in [0.15, 0.2) is 24.3 Å². The van der Waals surface area contributed by atoms with E-state index in [-0.39, 0.29) is 18.5 Å². The molecule has 1 saturated heterocycles. The standard InChI is InChI=1S/C14H20FNO3/c15-13-5-1-2-6-14(13)19-10-11(17)8-16-9-12-4-3-7-18-12/h1-2,5-6,11-12,16-17H,3-4,7-10H2. The van der Waals surface area contributed by atoms with E-state index in [0.29, 0.717) is 6.54 Å². The minimum atomic E-state index is -0.666. The normalized spacial score (nSPS) is 20.4. The second-order valence-corrected chi connectivity index (χ2v) is 4.69. The highest BCUT2D eigenvalue weighted by atomic mass is 19.1. The zero-order valence-corrected chi connectivity index (χ0v) is 10.8. The van der Waals surface area contributed by atoms with Crippen molar-refractivity contribution >= 4 is 0 Å². The lowest BCUT2D eigenvalue weighted by Crippen LogP contribution is -2.35. The highest BCUT2D eigenvalue weighted by Crippen LogP contribution is 2.15. The minimum Gasteiger partial charge on any atom is -0.488 e. The predicted molar refractivity (Wildman–Crippen MR) is 69.7 cm³/mol. The monoisotopic (exact) mass is 269 g/mol. The molecule has 1 aromatic rings. The van der Waals surface area contributed by atoms with Crippen LogP contribution < -0.4 is 10.1 Å². The SMILES string of the molecule is OC(CNCC1CCCO1)COc1ccccc1F. The second kappa shape index (κ2) is 7.43. The summed E-state index contributed by atoms with van der Waals surface area (Å²) in [5.41, 5.74) is 0. The van der Waals surface area contributed by atoms with Crippen LogP contribution in [0.1, 0.15) is 12.8 Å². The lowest BCUT2D eigenvalue weighted by molar-refractivity contribution is 0.0871. The fourth-order valence-corrected chi connectivity index (χ4v) is 2.02. The summed E-state index contributed by atoms with van der Waals surface area (Å²) in [6.07, 6.45) is 1.75. The van der Waals surface area contributed by atoms with Crippen molar-refractivity contribution in [1.29, 1.82) is 0 Å². The molecule has 2 rings (SSSR count). The number of benzene rings is 1. The molecule has 2 unspecified atom stereocenters. The van der Waals surface area contributed by atoms with Gasteiger partial charge in [0.1, 0.15) is 12.7 Å². The van der Waals surface area contributed by atoms with Gasteiger partial charge in [-0.1, -0.05) is 12.1 Å². The topological polar surface area (TPSA) is 50.7 Å². The largest absolute Gasteiger partial charge is 0.488 e. The van der Waals surface area contributed by atoms with Gasteiger partial charge in [-0.15, -0.1) is 0 Å². The van der Waals surface area contributed by atoms with Gasteiger partial charge in [-0.3, -0.25) is 0 Å². The Bertz CT molecular complexity index is 383. The van der Waals surface area contributed by atoms with Crippen LogP contribution in [0.25, 0.3) is 0 Å². The number of hydrogen-bond donors (Lipinski definition) is 2. The maximum absolute atomic E-state index is 13.3. The molecule has 2 atom stereocenters. The summed E-state index contributed by atoms with van der Waals surface area (Å²) < 4.78 is 23.9. The molecule has 0 bridgehead atoms. The fourth-order valence-electron chi connectivity index (χ4n) is 2.02. The minimum absolute atomic E-state index is 0.0689. The molecule has 2 N–H and O–H groups in total. The molecule has 0 aliphatic carbocycles. The average Bonchev–Trinajstić information content (AvgIpc) is 2.91. The number of halogens is 1. The van der Waals surface area contributed by atoms with Crippen LogP contribution in [-0.2, 0) is 4.74 Å². The van der Waals surface area contributed by atoms with Crippen LogP contribution in [0.5, 0.6) is 5.75 Å². The highest BCUT2D eigenvalue weighted by molar-refractivity contribution is 5.23. The van der Waals surface area contributed by atoms with Gasteiger partial charge in [-0.25, -0.2) is 4.39 Å². The molecule has 0 spiro atoms. The lowest BCUT2D eigenvalue weighted by atomic mass is 10.2. The van der Waals surface area contributed by atoms with Crippen molar-refractivity contribution in [2.45, 2.75) is 25.0 Å². The van der Waals surface area contributed by atoms with Gasteiger partial charge >= 0.3 is 0 Å². The van der Waals surface area contributed by atoms with Gasteiger partial charge in [0.25, 0.3) is 0 Å². The van der Waals surface area contributed by atoms with Crippen molar-refractivity contribution in [3.63, 3.8) is 0 Å². The van der Waals surface area contributed by atoms with Crippen molar-refractivity contribution in [3.8, 4) is 5.75 Å². The summed E-state index contributed by atoms with van der Waals surface area (Å²) in [5, 5.41) is 12.9. The Morgan fingerprint density at radius 3 is 3.05 bits per heavy atom. The Morgan fingerprint density at radius 1 is 1.47 bits per heavy atom. The zero-order valence-electron chi connectivity index (χ0n) is 10.8. The smallest absolute Gasteiger partial charge is 0.165 e. The maximum atomic E-state index is 13.3. The van der Waals surface area contributed by atoms with E-state index < -0.39 is 11.9 Å². The van der Waals surface area contributed by atoms with Crippen LogP contribution in [0.4, 0.5) is 4.39 Å². The Hall–Kier alpha value is -1.17. The number of hydrogen-bond acceptors (Lipinski definition) is 4. The Labute approximate surface area is 112 Å². The average molecular weight is 269 g/mol. The van der Waals surface area contributed by atoms with Crippen LogP contribution >= 0.6 is 0 Å². The number of aliphatic hydroxyl groups excluding tert-OH is 1. The summed E-state index contributed by atoms with van der Waals surface area (Å²) in [6, 6.07) is 6.17. The van der Waals surface area contributed by atoms with Crippen LogP contribution in [0.3, 0.4) is 0 Å². The molecule has 106 valence electrons. The number of aliphatic hydroxyl groups is 1. The third kappa shape index (κ3) is 4.78. The quantitative estimate of drug-likeness (QED) is 0.784. The molecular weight excluding hydrogens is 249 g/mol. The summed E-state index contributed by atoms with van der Waals surface area (Å²) in [5.74, 6) is -0.248. The van der Waals surface area contributed by atoms with E-state index in [4.69, 9.17) is 9.47 Å². The summed E-state index contributed by atoms with van der Waals surface area (Å²) >= 11 is 0. The van der Waals surface area contributed by atoms with Crippen molar-refractivity contribution in [2.75, 3.05) is 26.3 Å². The van der Waals surface area contributed by atoms with Gasteiger partial charge in [0, 0.05) is 19.7 Å². The number of para-hydroxylation sites is 1. The van der Waals surface area contributed by atoms with Gasteiger partial charge in [0.2, 0.25) is 0 Å². The van der Waals surface area contributed by atoms with Crippen LogP contribution in [0, 0.1) is 5.82 Å². The fraction of sp³-hybridized carbons (Fsp3) is 0.571. The highest BCUT2D eigenvalue weighted by Gasteiger charge is 2.15. The van der Waals surface area contributed by atoms with E-state index >= 15 is 0 Å². The lowest BCUT2D eigenvalue weighted by Gasteiger charge is -2.15. The molecule has 0 radical (unpaired) electrons. The first-order valence-corrected chi connectivity index (χ1v) is 6.63. The molecule has 1 aliphatic rings. The van der Waals surface area contributed by atoms with E-state index in [9.17, 15) is 9.50 Å². The van der Waals surface area contributed by atoms with Crippen molar-refractivity contribution < 1.29 is 19.0 Å². The van der Waals surface area contributed by atoms with E-state index in [1.807, 2.05) is 0 Å². The molecular formula is C14H20FNO3. The molecule has 0 aromatic heterocycles. The predicted octanol–water partition coefficient (Wildman–Crippen LogP) is 1.33. The van der Waals surface area contributed by atoms with E-state index in [2.05, 4.69) is 5.32 Å². The summed E-state index contributed by atoms with van der Waals surface area (Å²) in [6.45, 7) is 2.04. The molecule has 0 saturated carbocycles. The van der Waals surface area contributed by atoms with Gasteiger partial charge in [-0.2, -0.15) is 0 Å². The molecule has 0 amide bonds. The molecule has 5 heteroatoms. The van der Waals surface area contributed by atoms with E-state index in [1.54, 1.807) is 18.2 Å². The third-order valence-electron chi connectivity index (χ3n) is 3.04. The number of rotatable bonds is 7. The molecule has 1 aliphatic heterocycles. The Kier molecular flexibility index (Phi) is 5.57. The zero-order chi connectivity index (χ0) is 13.5. The van der Waals surface area contributed by atoms with Gasteiger partial charge in [0.05, 0.1) is 6.10 Å². The molecule has 4 nitrogen and oxygen atoms in total. The Balaban J connectivity index is 1.61. The van der Waals surface area contributed by atoms with Gasteiger partial charge in [-0.05, 0) is 25.0 Å². The Morgan fingerprint density at radius 2 is 2.32 bits per heavy atom. The van der Waals surface area contributed by atoms with Crippen LogP contribution in [-0.4, -0.2) is 43.6 Å². The van der Waals surface area contributed by atoms with Crippen molar-refractivity contribution in [3.05, 3.63) is 30.1 Å². The van der Waals surface area contributed by atoms with E-state index in [1.165, 1.54) is 6.07 Å². The van der Waals surface area contributed by atoms with Crippen LogP contribution in [0.2, 0.25) is 0 Å². The first-order chi connectivity index (χ1) is 9.25. The number of ether oxygens (including phenoxy) is 2.